The van der Waals surface area contributed by atoms with Crippen molar-refractivity contribution in [1.82, 2.24) is 14.5 Å². The summed E-state index contributed by atoms with van der Waals surface area (Å²) in [5.41, 5.74) is 3.22. The summed E-state index contributed by atoms with van der Waals surface area (Å²) in [5, 5.41) is 0. The van der Waals surface area contributed by atoms with Gasteiger partial charge in [-0.3, -0.25) is 9.55 Å². The van der Waals surface area contributed by atoms with Gasteiger partial charge in [-0.25, -0.2) is 4.98 Å². The molecule has 0 atom stereocenters. The fraction of sp³-hybridized carbons (Fsp3) is 0.333. The van der Waals surface area contributed by atoms with Gasteiger partial charge in [0.15, 0.2) is 0 Å². The Bertz CT molecular complexity index is 874. The maximum Gasteiger partial charge on any atom is 0.494 e. The van der Waals surface area contributed by atoms with E-state index in [1.807, 2.05) is 41.4 Å². The third-order valence-corrected chi connectivity index (χ3v) is 5.02. The molecule has 1 aliphatic rings. The van der Waals surface area contributed by atoms with E-state index >= 15 is 0 Å². The fourth-order valence-corrected chi connectivity index (χ4v) is 2.86. The molecule has 6 heteroatoms. The molecule has 4 rings (SSSR count). The zero-order valence-corrected chi connectivity index (χ0v) is 14.4. The van der Waals surface area contributed by atoms with E-state index in [1.165, 1.54) is 0 Å². The van der Waals surface area contributed by atoms with E-state index in [1.54, 1.807) is 6.20 Å². The third kappa shape index (κ3) is 2.34. The van der Waals surface area contributed by atoms with E-state index in [-0.39, 0.29) is 18.3 Å². The summed E-state index contributed by atoms with van der Waals surface area (Å²) in [6.07, 6.45) is 5.40. The minimum absolute atomic E-state index is 0.346. The average molecular weight is 321 g/mol. The molecule has 1 saturated heterocycles. The number of benzene rings is 1. The van der Waals surface area contributed by atoms with Crippen molar-refractivity contribution in [3.63, 3.8) is 0 Å². The van der Waals surface area contributed by atoms with Gasteiger partial charge in [-0.1, -0.05) is 6.07 Å². The van der Waals surface area contributed by atoms with Crippen LogP contribution in [0.1, 0.15) is 27.7 Å². The van der Waals surface area contributed by atoms with Crippen LogP contribution in [-0.2, 0) is 9.31 Å². The molecule has 2 aromatic heterocycles. The Balaban J connectivity index is 1.71. The van der Waals surface area contributed by atoms with Gasteiger partial charge in [0.1, 0.15) is 6.33 Å². The molecule has 5 nitrogen and oxygen atoms in total. The number of nitrogens with zero attached hydrogens (tertiary/aromatic N) is 3. The molecule has 0 amide bonds. The Hall–Kier alpha value is -2.18. The first-order chi connectivity index (χ1) is 11.4. The molecule has 3 heterocycles. The van der Waals surface area contributed by atoms with Gasteiger partial charge in [0.2, 0.25) is 0 Å². The number of imidazole rings is 1. The third-order valence-electron chi connectivity index (χ3n) is 5.02. The van der Waals surface area contributed by atoms with Crippen LogP contribution in [0, 0.1) is 0 Å². The van der Waals surface area contributed by atoms with Crippen molar-refractivity contribution in [2.24, 2.45) is 0 Å². The molecule has 122 valence electrons. The highest BCUT2D eigenvalue weighted by Crippen LogP contribution is 2.36. The summed E-state index contributed by atoms with van der Waals surface area (Å²) >= 11 is 0. The minimum atomic E-state index is -0.372. The lowest BCUT2D eigenvalue weighted by Crippen LogP contribution is -2.41. The average Bonchev–Trinajstić information content (AvgIpc) is 3.06. The van der Waals surface area contributed by atoms with Gasteiger partial charge in [-0.15, -0.1) is 0 Å². The number of aromatic nitrogens is 3. The van der Waals surface area contributed by atoms with Crippen LogP contribution in [0.15, 0.2) is 49.1 Å². The number of hydrogen-bond acceptors (Lipinski definition) is 4. The van der Waals surface area contributed by atoms with Gasteiger partial charge in [0.25, 0.3) is 0 Å². The van der Waals surface area contributed by atoms with Crippen LogP contribution in [0.3, 0.4) is 0 Å². The summed E-state index contributed by atoms with van der Waals surface area (Å²) in [6, 6.07) is 10.1. The van der Waals surface area contributed by atoms with E-state index in [2.05, 4.69) is 43.7 Å². The van der Waals surface area contributed by atoms with Crippen molar-refractivity contribution in [1.29, 1.82) is 0 Å². The van der Waals surface area contributed by atoms with Gasteiger partial charge in [-0.2, -0.15) is 0 Å². The van der Waals surface area contributed by atoms with Gasteiger partial charge in [0, 0.05) is 6.20 Å². The zero-order chi connectivity index (χ0) is 16.9. The molecule has 0 N–H and O–H groups in total. The van der Waals surface area contributed by atoms with Crippen molar-refractivity contribution in [2.75, 3.05) is 0 Å². The first-order valence-electron chi connectivity index (χ1n) is 8.10. The van der Waals surface area contributed by atoms with Crippen molar-refractivity contribution >= 4 is 23.6 Å². The van der Waals surface area contributed by atoms with E-state index in [4.69, 9.17) is 9.31 Å². The van der Waals surface area contributed by atoms with Crippen LogP contribution in [0.2, 0.25) is 0 Å². The highest BCUT2D eigenvalue weighted by atomic mass is 16.7. The lowest BCUT2D eigenvalue weighted by atomic mass is 9.79. The number of hydrogen-bond donors (Lipinski definition) is 0. The second kappa shape index (κ2) is 5.16. The quantitative estimate of drug-likeness (QED) is 0.681. The summed E-state index contributed by atoms with van der Waals surface area (Å²) < 4.78 is 14.3. The number of pyridine rings is 1. The predicted molar refractivity (Wildman–Crippen MR) is 94.6 cm³/mol. The van der Waals surface area contributed by atoms with Gasteiger partial charge >= 0.3 is 7.12 Å². The molecule has 0 spiro atoms. The maximum atomic E-state index is 6.12. The highest BCUT2D eigenvalue weighted by Gasteiger charge is 2.51. The normalized spacial score (nSPS) is 19.1. The molecule has 0 aliphatic carbocycles. The fourth-order valence-electron chi connectivity index (χ4n) is 2.86. The monoisotopic (exact) mass is 321 g/mol. The largest absolute Gasteiger partial charge is 0.494 e. The second-order valence-corrected chi connectivity index (χ2v) is 7.16. The Morgan fingerprint density at radius 3 is 2.46 bits per heavy atom. The molecule has 1 aromatic carbocycles. The topological polar surface area (TPSA) is 49.2 Å². The molecular weight excluding hydrogens is 301 g/mol. The van der Waals surface area contributed by atoms with Crippen molar-refractivity contribution in [2.45, 2.75) is 38.9 Å². The lowest BCUT2D eigenvalue weighted by Gasteiger charge is -2.32. The molecular formula is C18H20BN3O2. The van der Waals surface area contributed by atoms with E-state index in [0.29, 0.717) is 0 Å². The molecule has 24 heavy (non-hydrogen) atoms. The molecule has 0 unspecified atom stereocenters. The van der Waals surface area contributed by atoms with Crippen LogP contribution >= 0.6 is 0 Å². The SMILES string of the molecule is CC1(C)OB(c2ccc3c(c2)ncn3-c2cccnc2)OC1(C)C. The van der Waals surface area contributed by atoms with Crippen molar-refractivity contribution in [3.8, 4) is 5.69 Å². The molecule has 1 fully saturated rings. The smallest absolute Gasteiger partial charge is 0.399 e. The van der Waals surface area contributed by atoms with Gasteiger partial charge in [0.05, 0.1) is 34.1 Å². The van der Waals surface area contributed by atoms with Crippen molar-refractivity contribution in [3.05, 3.63) is 49.1 Å². The highest BCUT2D eigenvalue weighted by molar-refractivity contribution is 6.62. The molecule has 3 aromatic rings. The summed E-state index contributed by atoms with van der Waals surface area (Å²) in [7, 11) is -0.372. The van der Waals surface area contributed by atoms with E-state index in [0.717, 1.165) is 22.2 Å². The van der Waals surface area contributed by atoms with Crippen LogP contribution in [-0.4, -0.2) is 32.9 Å². The minimum Gasteiger partial charge on any atom is -0.399 e. The van der Waals surface area contributed by atoms with E-state index in [9.17, 15) is 0 Å². The number of rotatable bonds is 2. The Labute approximate surface area is 141 Å². The standard InChI is InChI=1S/C18H20BN3O2/c1-17(2)18(3,4)24-19(23-17)13-7-8-16-15(10-13)21-12-22(16)14-6-5-9-20-11-14/h5-12H,1-4H3. The maximum absolute atomic E-state index is 6.12. The first-order valence-corrected chi connectivity index (χ1v) is 8.10. The number of fused-ring (bicyclic) bond motifs is 1. The zero-order valence-electron chi connectivity index (χ0n) is 14.4. The van der Waals surface area contributed by atoms with Crippen molar-refractivity contribution < 1.29 is 9.31 Å². The molecule has 0 bridgehead atoms. The van der Waals surface area contributed by atoms with Gasteiger partial charge < -0.3 is 9.31 Å². The molecule has 1 aliphatic heterocycles. The second-order valence-electron chi connectivity index (χ2n) is 7.16. The van der Waals surface area contributed by atoms with Crippen LogP contribution in [0.5, 0.6) is 0 Å². The van der Waals surface area contributed by atoms with E-state index < -0.39 is 0 Å². The first kappa shape index (κ1) is 15.4. The van der Waals surface area contributed by atoms with Crippen LogP contribution < -0.4 is 5.46 Å². The Kier molecular flexibility index (Phi) is 3.30. The summed E-state index contributed by atoms with van der Waals surface area (Å²) in [4.78, 5) is 8.70. The predicted octanol–water partition coefficient (Wildman–Crippen LogP) is 2.72. The summed E-state index contributed by atoms with van der Waals surface area (Å²) in [5.74, 6) is 0. The Morgan fingerprint density at radius 2 is 1.79 bits per heavy atom. The Morgan fingerprint density at radius 1 is 1.04 bits per heavy atom. The van der Waals surface area contributed by atoms with Gasteiger partial charge in [-0.05, 0) is 57.4 Å². The molecule has 0 saturated carbocycles. The molecule has 0 radical (unpaired) electrons. The van der Waals surface area contributed by atoms with Crippen LogP contribution in [0.4, 0.5) is 0 Å². The van der Waals surface area contributed by atoms with Crippen LogP contribution in [0.25, 0.3) is 16.7 Å². The lowest BCUT2D eigenvalue weighted by molar-refractivity contribution is 0.00578. The summed E-state index contributed by atoms with van der Waals surface area (Å²) in [6.45, 7) is 8.23.